The zero-order chi connectivity index (χ0) is 12.0. The minimum atomic E-state index is -2.44. The summed E-state index contributed by atoms with van der Waals surface area (Å²) in [6.07, 6.45) is 3.23. The van der Waals surface area contributed by atoms with Crippen molar-refractivity contribution in [2.24, 2.45) is 17.8 Å². The first-order valence-corrected chi connectivity index (χ1v) is 6.43. The Morgan fingerprint density at radius 2 is 1.88 bits per heavy atom. The van der Waals surface area contributed by atoms with E-state index in [-0.39, 0.29) is 12.3 Å². The van der Waals surface area contributed by atoms with Crippen molar-refractivity contribution >= 4 is 0 Å². The summed E-state index contributed by atoms with van der Waals surface area (Å²) in [6.45, 7) is 3.77. The number of hydrogen-bond donors (Lipinski definition) is 0. The molecule has 0 aromatic rings. The molecule has 2 atom stereocenters. The molecule has 0 radical (unpaired) electrons. The van der Waals surface area contributed by atoms with E-state index in [4.69, 9.17) is 0 Å². The van der Waals surface area contributed by atoms with Gasteiger partial charge < -0.3 is 0 Å². The van der Waals surface area contributed by atoms with E-state index < -0.39 is 17.5 Å². The van der Waals surface area contributed by atoms with Gasteiger partial charge in [-0.25, -0.2) is 13.2 Å². The van der Waals surface area contributed by atoms with Crippen molar-refractivity contribution in [3.63, 3.8) is 0 Å². The van der Waals surface area contributed by atoms with Gasteiger partial charge in [0.15, 0.2) is 0 Å². The van der Waals surface area contributed by atoms with Crippen molar-refractivity contribution in [1.82, 2.24) is 0 Å². The molecule has 2 aliphatic carbocycles. The molecule has 94 valence electrons. The molecule has 0 aromatic heterocycles. The van der Waals surface area contributed by atoms with Gasteiger partial charge in [-0.3, -0.25) is 0 Å². The fourth-order valence-electron chi connectivity index (χ4n) is 3.35. The Hall–Kier alpha value is -0.210. The highest BCUT2D eigenvalue weighted by Gasteiger charge is 2.52. The average Bonchev–Trinajstić information content (AvgIpc) is 2.13. The first-order valence-electron chi connectivity index (χ1n) is 6.43. The third-order valence-electron chi connectivity index (χ3n) is 4.67. The Labute approximate surface area is 95.6 Å². The highest BCUT2D eigenvalue weighted by atomic mass is 19.3. The molecule has 2 aliphatic rings. The maximum atomic E-state index is 13.6. The van der Waals surface area contributed by atoms with Gasteiger partial charge in [0, 0.05) is 12.3 Å². The van der Waals surface area contributed by atoms with E-state index in [1.54, 1.807) is 0 Å². The van der Waals surface area contributed by atoms with Crippen molar-refractivity contribution < 1.29 is 13.2 Å². The van der Waals surface area contributed by atoms with Crippen LogP contribution in [0.1, 0.15) is 52.4 Å². The fraction of sp³-hybridized carbons (Fsp3) is 1.00. The van der Waals surface area contributed by atoms with Gasteiger partial charge >= 0.3 is 0 Å². The number of hydrogen-bond acceptors (Lipinski definition) is 0. The molecule has 0 aromatic carbocycles. The van der Waals surface area contributed by atoms with Crippen LogP contribution >= 0.6 is 0 Å². The van der Waals surface area contributed by atoms with Crippen LogP contribution in [0.2, 0.25) is 0 Å². The Morgan fingerprint density at radius 1 is 1.25 bits per heavy atom. The SMILES string of the molecule is CCC1(F)CC(CC(C)C2CCC2(F)F)C1. The van der Waals surface area contributed by atoms with Gasteiger partial charge in [0.2, 0.25) is 0 Å². The second-order valence-corrected chi connectivity index (χ2v) is 5.90. The number of halogens is 3. The minimum absolute atomic E-state index is 0.0503. The molecule has 0 N–H and O–H groups in total. The quantitative estimate of drug-likeness (QED) is 0.667. The lowest BCUT2D eigenvalue weighted by atomic mass is 9.63. The van der Waals surface area contributed by atoms with Crippen molar-refractivity contribution in [2.75, 3.05) is 0 Å². The Bertz CT molecular complexity index is 256. The van der Waals surface area contributed by atoms with Crippen molar-refractivity contribution in [3.8, 4) is 0 Å². The van der Waals surface area contributed by atoms with Gasteiger partial charge in [0.25, 0.3) is 5.92 Å². The first kappa shape index (κ1) is 12.3. The zero-order valence-electron chi connectivity index (χ0n) is 10.1. The van der Waals surface area contributed by atoms with Gasteiger partial charge in [0.1, 0.15) is 5.67 Å². The zero-order valence-corrected chi connectivity index (χ0v) is 10.1. The van der Waals surface area contributed by atoms with Gasteiger partial charge in [0.05, 0.1) is 0 Å². The van der Waals surface area contributed by atoms with Crippen LogP contribution in [0.15, 0.2) is 0 Å². The molecule has 0 nitrogen and oxygen atoms in total. The van der Waals surface area contributed by atoms with E-state index in [9.17, 15) is 13.2 Å². The highest BCUT2D eigenvalue weighted by Crippen LogP contribution is 2.52. The van der Waals surface area contributed by atoms with E-state index in [0.29, 0.717) is 31.6 Å². The van der Waals surface area contributed by atoms with Crippen LogP contribution in [-0.4, -0.2) is 11.6 Å². The van der Waals surface area contributed by atoms with Crippen molar-refractivity contribution in [2.45, 2.75) is 64.0 Å². The molecular formula is C13H21F3. The monoisotopic (exact) mass is 234 g/mol. The standard InChI is InChI=1S/C13H21F3/c1-3-12(14)7-10(8-12)6-9(2)11-4-5-13(11,15)16/h9-11H,3-8H2,1-2H3. The van der Waals surface area contributed by atoms with Gasteiger partial charge in [-0.05, 0) is 43.9 Å². The molecule has 3 heteroatoms. The molecule has 0 saturated heterocycles. The van der Waals surface area contributed by atoms with E-state index in [1.807, 2.05) is 13.8 Å². The number of alkyl halides is 3. The molecule has 0 heterocycles. The molecule has 0 bridgehead atoms. The second kappa shape index (κ2) is 3.92. The van der Waals surface area contributed by atoms with Crippen LogP contribution in [0.3, 0.4) is 0 Å². The summed E-state index contributed by atoms with van der Waals surface area (Å²) in [5.74, 6) is -2.49. The van der Waals surface area contributed by atoms with E-state index in [1.165, 1.54) is 0 Å². The van der Waals surface area contributed by atoms with Crippen LogP contribution in [0, 0.1) is 17.8 Å². The molecule has 2 fully saturated rings. The Kier molecular flexibility index (Phi) is 3.00. The molecule has 0 spiro atoms. The Morgan fingerprint density at radius 3 is 2.25 bits per heavy atom. The van der Waals surface area contributed by atoms with E-state index in [2.05, 4.69) is 0 Å². The molecule has 2 rings (SSSR count). The predicted molar refractivity (Wildman–Crippen MR) is 58.3 cm³/mol. The van der Waals surface area contributed by atoms with Gasteiger partial charge in [-0.2, -0.15) is 0 Å². The summed E-state index contributed by atoms with van der Waals surface area (Å²) in [5.41, 5.74) is -0.980. The van der Waals surface area contributed by atoms with E-state index >= 15 is 0 Å². The lowest BCUT2D eigenvalue weighted by molar-refractivity contribution is -0.156. The summed E-state index contributed by atoms with van der Waals surface area (Å²) in [5, 5.41) is 0. The Balaban J connectivity index is 1.76. The molecule has 16 heavy (non-hydrogen) atoms. The first-order chi connectivity index (χ1) is 7.36. The van der Waals surface area contributed by atoms with Crippen LogP contribution in [0.4, 0.5) is 13.2 Å². The third-order valence-corrected chi connectivity index (χ3v) is 4.67. The molecule has 0 amide bonds. The summed E-state index contributed by atoms with van der Waals surface area (Å²) in [7, 11) is 0. The average molecular weight is 234 g/mol. The molecule has 2 unspecified atom stereocenters. The highest BCUT2D eigenvalue weighted by molar-refractivity contribution is 4.97. The number of rotatable bonds is 4. The lowest BCUT2D eigenvalue weighted by Crippen LogP contribution is -2.45. The summed E-state index contributed by atoms with van der Waals surface area (Å²) < 4.78 is 40.0. The summed E-state index contributed by atoms with van der Waals surface area (Å²) in [4.78, 5) is 0. The molecule has 2 saturated carbocycles. The van der Waals surface area contributed by atoms with E-state index in [0.717, 1.165) is 6.42 Å². The van der Waals surface area contributed by atoms with Crippen LogP contribution in [0.5, 0.6) is 0 Å². The van der Waals surface area contributed by atoms with Crippen molar-refractivity contribution in [1.29, 1.82) is 0 Å². The predicted octanol–water partition coefficient (Wildman–Crippen LogP) is 4.59. The fourth-order valence-corrected chi connectivity index (χ4v) is 3.35. The summed E-state index contributed by atoms with van der Waals surface area (Å²) in [6, 6.07) is 0. The smallest absolute Gasteiger partial charge is 0.244 e. The minimum Gasteiger partial charge on any atom is -0.244 e. The van der Waals surface area contributed by atoms with Gasteiger partial charge in [-0.15, -0.1) is 0 Å². The van der Waals surface area contributed by atoms with Gasteiger partial charge in [-0.1, -0.05) is 13.8 Å². The second-order valence-electron chi connectivity index (χ2n) is 5.90. The lowest BCUT2D eigenvalue weighted by Gasteiger charge is -2.46. The largest absolute Gasteiger partial charge is 0.251 e. The third kappa shape index (κ3) is 2.10. The van der Waals surface area contributed by atoms with Crippen LogP contribution in [-0.2, 0) is 0 Å². The van der Waals surface area contributed by atoms with Crippen LogP contribution in [0.25, 0.3) is 0 Å². The molecule has 0 aliphatic heterocycles. The van der Waals surface area contributed by atoms with Crippen LogP contribution < -0.4 is 0 Å². The van der Waals surface area contributed by atoms with Crippen molar-refractivity contribution in [3.05, 3.63) is 0 Å². The topological polar surface area (TPSA) is 0 Å². The summed E-state index contributed by atoms with van der Waals surface area (Å²) >= 11 is 0. The molecular weight excluding hydrogens is 213 g/mol. The normalized spacial score (nSPS) is 43.3. The maximum Gasteiger partial charge on any atom is 0.251 e. The maximum absolute atomic E-state index is 13.6.